The number of rotatable bonds is 16. The second-order valence-electron chi connectivity index (χ2n) is 13.3. The van der Waals surface area contributed by atoms with Crippen LogP contribution in [-0.4, -0.2) is 46.7 Å². The van der Waals surface area contributed by atoms with Crippen LogP contribution in [0.1, 0.15) is 72.0 Å². The van der Waals surface area contributed by atoms with Crippen molar-refractivity contribution >= 4 is 84.3 Å². The van der Waals surface area contributed by atoms with Gasteiger partial charge in [0.2, 0.25) is 0 Å². The van der Waals surface area contributed by atoms with Gasteiger partial charge >= 0.3 is 11.9 Å². The maximum absolute atomic E-state index is 14.8. The van der Waals surface area contributed by atoms with Crippen molar-refractivity contribution in [2.24, 2.45) is 0 Å². The molecule has 2 aliphatic rings. The Morgan fingerprint density at radius 1 is 0.732 bits per heavy atom. The van der Waals surface area contributed by atoms with Crippen LogP contribution in [-0.2, 0) is 29.2 Å². The molecule has 4 aromatic carbocycles. The standard InChI is InChI=1S/C20H19Br2FN2O4.C20H20Cl2FNO3/c21-14-7-12(20(28)24-9-17(26)27)8-15(22)19(14)29-10-11-3-1-6-16(18(11)23)25-13-4-2-5-13;21-15-9-12(7-8-18(25)26)10-16(22)20(15)27-11-13-3-1-6-17(19(13)23)24-14-4-2-5-14/h1,3,6-8,13,25H,2,4-5,9-10H2,(H,24,28)(H,26,27);1,3,6,9-10,14,24H,2,4-5,7-8,11H2,(H,25,26). The third-order valence-corrected chi connectivity index (χ3v) is 10.9. The molecular formula is C40H39Br2Cl2F2N3O7. The van der Waals surface area contributed by atoms with Crippen LogP contribution in [0, 0.1) is 11.6 Å². The highest BCUT2D eigenvalue weighted by atomic mass is 79.9. The predicted octanol–water partition coefficient (Wildman–Crippen LogP) is 10.4. The van der Waals surface area contributed by atoms with Crippen LogP contribution in [0.15, 0.2) is 69.6 Å². The van der Waals surface area contributed by atoms with Crippen LogP contribution in [0.5, 0.6) is 11.5 Å². The van der Waals surface area contributed by atoms with E-state index in [1.807, 2.05) is 0 Å². The minimum atomic E-state index is -1.13. The molecule has 0 aliphatic heterocycles. The smallest absolute Gasteiger partial charge is 0.322 e. The van der Waals surface area contributed by atoms with Crippen molar-refractivity contribution in [3.63, 3.8) is 0 Å². The Morgan fingerprint density at radius 2 is 1.21 bits per heavy atom. The zero-order valence-corrected chi connectivity index (χ0v) is 34.6. The second kappa shape index (κ2) is 20.4. The van der Waals surface area contributed by atoms with Crippen LogP contribution in [0.2, 0.25) is 10.0 Å². The summed E-state index contributed by atoms with van der Waals surface area (Å²) < 4.78 is 41.8. The van der Waals surface area contributed by atoms with Gasteiger partial charge in [-0.05, 0) is 119 Å². The molecule has 0 unspecified atom stereocenters. The number of benzene rings is 4. The van der Waals surface area contributed by atoms with Crippen LogP contribution in [0.3, 0.4) is 0 Å². The zero-order valence-electron chi connectivity index (χ0n) is 29.9. The fourth-order valence-corrected chi connectivity index (χ4v) is 7.74. The number of amides is 1. The Morgan fingerprint density at radius 3 is 1.64 bits per heavy atom. The number of halogens is 6. The number of carboxylic acid groups (broad SMARTS) is 2. The molecule has 0 bridgehead atoms. The fraction of sp³-hybridized carbons (Fsp3) is 0.325. The molecule has 0 radical (unpaired) electrons. The largest absolute Gasteiger partial charge is 0.486 e. The molecule has 5 N–H and O–H groups in total. The molecule has 56 heavy (non-hydrogen) atoms. The van der Waals surface area contributed by atoms with Crippen LogP contribution in [0.25, 0.3) is 0 Å². The van der Waals surface area contributed by atoms with Gasteiger partial charge in [-0.1, -0.05) is 47.5 Å². The quantitative estimate of drug-likeness (QED) is 0.0741. The van der Waals surface area contributed by atoms with Gasteiger partial charge in [-0.15, -0.1) is 0 Å². The maximum Gasteiger partial charge on any atom is 0.322 e. The van der Waals surface area contributed by atoms with E-state index in [1.165, 1.54) is 18.6 Å². The number of nitrogens with one attached hydrogen (secondary N) is 3. The van der Waals surface area contributed by atoms with E-state index in [0.29, 0.717) is 61.3 Å². The van der Waals surface area contributed by atoms with Gasteiger partial charge < -0.3 is 35.6 Å². The Hall–Kier alpha value is -4.11. The molecule has 2 saturated carbocycles. The molecule has 10 nitrogen and oxygen atoms in total. The predicted molar refractivity (Wildman–Crippen MR) is 218 cm³/mol. The van der Waals surface area contributed by atoms with Crippen molar-refractivity contribution in [1.29, 1.82) is 0 Å². The Kier molecular flexibility index (Phi) is 15.6. The molecule has 0 aromatic heterocycles. The molecule has 2 aliphatic carbocycles. The molecule has 4 aromatic rings. The second-order valence-corrected chi connectivity index (χ2v) is 15.8. The van der Waals surface area contributed by atoms with Gasteiger partial charge in [0, 0.05) is 35.2 Å². The lowest BCUT2D eigenvalue weighted by atomic mass is 9.93. The average molecular weight is 942 g/mol. The highest BCUT2D eigenvalue weighted by molar-refractivity contribution is 9.11. The number of ether oxygens (including phenoxy) is 2. The van der Waals surface area contributed by atoms with E-state index in [2.05, 4.69) is 47.8 Å². The van der Waals surface area contributed by atoms with E-state index in [9.17, 15) is 23.2 Å². The molecule has 298 valence electrons. The molecule has 0 spiro atoms. The van der Waals surface area contributed by atoms with E-state index in [0.717, 1.165) is 32.1 Å². The molecule has 2 fully saturated rings. The van der Waals surface area contributed by atoms with Crippen molar-refractivity contribution in [3.05, 3.63) is 114 Å². The summed E-state index contributed by atoms with van der Waals surface area (Å²) in [6.07, 6.45) is 6.84. The first-order chi connectivity index (χ1) is 26.8. The minimum Gasteiger partial charge on any atom is -0.486 e. The van der Waals surface area contributed by atoms with Gasteiger partial charge in [-0.3, -0.25) is 14.4 Å². The molecular weight excluding hydrogens is 903 g/mol. The Labute approximate surface area is 349 Å². The number of aliphatic carboxylic acids is 2. The van der Waals surface area contributed by atoms with Crippen molar-refractivity contribution in [2.75, 3.05) is 17.2 Å². The van der Waals surface area contributed by atoms with Gasteiger partial charge in [0.15, 0.2) is 17.4 Å². The molecule has 0 saturated heterocycles. The first-order valence-electron chi connectivity index (χ1n) is 17.8. The number of carbonyl (C=O) groups is 3. The van der Waals surface area contributed by atoms with Crippen molar-refractivity contribution in [1.82, 2.24) is 5.32 Å². The van der Waals surface area contributed by atoms with Gasteiger partial charge in [0.05, 0.1) is 30.4 Å². The fourth-order valence-electron chi connectivity index (χ4n) is 5.68. The normalized spacial score (nSPS) is 13.7. The van der Waals surface area contributed by atoms with Gasteiger partial charge in [-0.2, -0.15) is 0 Å². The van der Waals surface area contributed by atoms with E-state index in [4.69, 9.17) is 42.9 Å². The van der Waals surface area contributed by atoms with Gasteiger partial charge in [0.1, 0.15) is 25.5 Å². The molecule has 16 heteroatoms. The summed E-state index contributed by atoms with van der Waals surface area (Å²) in [7, 11) is 0. The van der Waals surface area contributed by atoms with Crippen molar-refractivity contribution < 1.29 is 42.9 Å². The first-order valence-corrected chi connectivity index (χ1v) is 20.2. The minimum absolute atomic E-state index is 0.00772. The van der Waals surface area contributed by atoms with E-state index in [-0.39, 0.29) is 52.6 Å². The summed E-state index contributed by atoms with van der Waals surface area (Å²) in [5.74, 6) is -2.56. The lowest BCUT2D eigenvalue weighted by Gasteiger charge is -2.28. The topological polar surface area (TPSA) is 146 Å². The van der Waals surface area contributed by atoms with Gasteiger partial charge in [0.25, 0.3) is 5.91 Å². The molecule has 1 amide bonds. The summed E-state index contributed by atoms with van der Waals surface area (Å²) >= 11 is 19.1. The van der Waals surface area contributed by atoms with Crippen LogP contribution >= 0.6 is 55.1 Å². The first kappa shape index (κ1) is 43.0. The zero-order chi connectivity index (χ0) is 40.4. The number of aryl methyl sites for hydroxylation is 1. The van der Waals surface area contributed by atoms with E-state index in [1.54, 1.807) is 48.5 Å². The SMILES string of the molecule is O=C(O)CCc1cc(Cl)c(OCc2cccc(NC3CCC3)c2F)c(Cl)c1.O=C(O)CNC(=O)c1cc(Br)c(OCc2cccc(NC3CCC3)c2F)c(Br)c1. The summed E-state index contributed by atoms with van der Waals surface area (Å²) in [5.41, 5.74) is 2.73. The summed E-state index contributed by atoms with van der Waals surface area (Å²) in [4.78, 5) is 33.3. The third-order valence-electron chi connectivity index (χ3n) is 9.18. The van der Waals surface area contributed by atoms with Crippen molar-refractivity contribution in [2.45, 2.75) is 76.7 Å². The summed E-state index contributed by atoms with van der Waals surface area (Å²) in [6.45, 7) is -0.482. The number of anilines is 2. The van der Waals surface area contributed by atoms with E-state index >= 15 is 0 Å². The average Bonchev–Trinajstić information content (AvgIpc) is 3.11. The number of carboxylic acids is 2. The van der Waals surface area contributed by atoms with Crippen LogP contribution in [0.4, 0.5) is 20.2 Å². The monoisotopic (exact) mass is 939 g/mol. The molecule has 6 rings (SSSR count). The molecule has 0 heterocycles. The summed E-state index contributed by atoms with van der Waals surface area (Å²) in [6, 6.07) is 17.2. The molecule has 0 atom stereocenters. The number of hydrogen-bond donors (Lipinski definition) is 5. The maximum atomic E-state index is 14.8. The number of hydrogen-bond acceptors (Lipinski definition) is 7. The van der Waals surface area contributed by atoms with Gasteiger partial charge in [-0.25, -0.2) is 8.78 Å². The number of carbonyl (C=O) groups excluding carboxylic acids is 1. The van der Waals surface area contributed by atoms with E-state index < -0.39 is 24.4 Å². The third kappa shape index (κ3) is 12.0. The van der Waals surface area contributed by atoms with Crippen molar-refractivity contribution in [3.8, 4) is 11.5 Å². The Bertz CT molecular complexity index is 2020. The highest BCUT2D eigenvalue weighted by Gasteiger charge is 2.22. The lowest BCUT2D eigenvalue weighted by Crippen LogP contribution is -2.29. The lowest BCUT2D eigenvalue weighted by molar-refractivity contribution is -0.137. The van der Waals surface area contributed by atoms with Crippen LogP contribution < -0.4 is 25.4 Å². The Balaban J connectivity index is 0.000000215. The highest BCUT2D eigenvalue weighted by Crippen LogP contribution is 2.37. The summed E-state index contributed by atoms with van der Waals surface area (Å²) in [5, 5.41) is 26.7.